The summed E-state index contributed by atoms with van der Waals surface area (Å²) in [6, 6.07) is 0.803. The van der Waals surface area contributed by atoms with E-state index in [0.29, 0.717) is 0 Å². The van der Waals surface area contributed by atoms with Gasteiger partial charge in [0.25, 0.3) is 0 Å². The fraction of sp³-hybridized carbons (Fsp3) is 0.700. The van der Waals surface area contributed by atoms with Crippen LogP contribution in [0.4, 0.5) is 0 Å². The van der Waals surface area contributed by atoms with Crippen LogP contribution in [0, 0.1) is 13.8 Å². The third-order valence-corrected chi connectivity index (χ3v) is 2.55. The van der Waals surface area contributed by atoms with Crippen LogP contribution in [0.5, 0.6) is 0 Å². The van der Waals surface area contributed by atoms with Gasteiger partial charge in [-0.2, -0.15) is 0 Å². The molecule has 3 nitrogen and oxygen atoms in total. The van der Waals surface area contributed by atoms with Gasteiger partial charge in [0.15, 0.2) is 0 Å². The summed E-state index contributed by atoms with van der Waals surface area (Å²) in [4.78, 5) is 7.72. The molecule has 0 unspecified atom stereocenters. The molecule has 1 aromatic heterocycles. The SMILES string of the molecule is Cc1nc(CCNC2CC2)[nH]c1C. The Labute approximate surface area is 79.0 Å². The highest BCUT2D eigenvalue weighted by Gasteiger charge is 2.19. The van der Waals surface area contributed by atoms with E-state index in [9.17, 15) is 0 Å². The van der Waals surface area contributed by atoms with Gasteiger partial charge in [-0.05, 0) is 26.7 Å². The summed E-state index contributed by atoms with van der Waals surface area (Å²) in [5, 5.41) is 3.47. The Hall–Kier alpha value is -0.830. The summed E-state index contributed by atoms with van der Waals surface area (Å²) < 4.78 is 0. The van der Waals surface area contributed by atoms with Gasteiger partial charge in [-0.1, -0.05) is 0 Å². The van der Waals surface area contributed by atoms with Gasteiger partial charge >= 0.3 is 0 Å². The summed E-state index contributed by atoms with van der Waals surface area (Å²) in [7, 11) is 0. The Morgan fingerprint density at radius 1 is 1.46 bits per heavy atom. The molecule has 1 aliphatic carbocycles. The van der Waals surface area contributed by atoms with Gasteiger partial charge in [-0.15, -0.1) is 0 Å². The Kier molecular flexibility index (Phi) is 2.36. The lowest BCUT2D eigenvalue weighted by Crippen LogP contribution is -2.19. The van der Waals surface area contributed by atoms with Crippen molar-refractivity contribution in [1.29, 1.82) is 0 Å². The number of nitrogens with zero attached hydrogens (tertiary/aromatic N) is 1. The minimum absolute atomic E-state index is 0.803. The lowest BCUT2D eigenvalue weighted by atomic mass is 10.4. The van der Waals surface area contributed by atoms with Crippen LogP contribution in [0.15, 0.2) is 0 Å². The van der Waals surface area contributed by atoms with Crippen molar-refractivity contribution in [3.63, 3.8) is 0 Å². The number of nitrogens with one attached hydrogen (secondary N) is 2. The first-order valence-electron chi connectivity index (χ1n) is 5.01. The number of hydrogen-bond acceptors (Lipinski definition) is 2. The van der Waals surface area contributed by atoms with Crippen molar-refractivity contribution in [3.8, 4) is 0 Å². The Bertz CT molecular complexity index is 267. The van der Waals surface area contributed by atoms with Crippen LogP contribution in [0.1, 0.15) is 30.1 Å². The van der Waals surface area contributed by atoms with Crippen LogP contribution in [0.2, 0.25) is 0 Å². The van der Waals surface area contributed by atoms with Crippen LogP contribution in [0.25, 0.3) is 0 Å². The van der Waals surface area contributed by atoms with E-state index >= 15 is 0 Å². The molecule has 0 amide bonds. The zero-order chi connectivity index (χ0) is 9.26. The average molecular weight is 179 g/mol. The number of H-pyrrole nitrogens is 1. The largest absolute Gasteiger partial charge is 0.346 e. The fourth-order valence-corrected chi connectivity index (χ4v) is 1.42. The summed E-state index contributed by atoms with van der Waals surface area (Å²) in [5.41, 5.74) is 2.32. The molecule has 0 radical (unpaired) electrons. The first kappa shape index (κ1) is 8.75. The molecule has 1 aromatic rings. The molecule has 1 heterocycles. The van der Waals surface area contributed by atoms with E-state index in [0.717, 1.165) is 30.5 Å². The number of imidazole rings is 1. The first-order chi connectivity index (χ1) is 6.25. The standard InChI is InChI=1S/C10H17N3/c1-7-8(2)13-10(12-7)5-6-11-9-3-4-9/h9,11H,3-6H2,1-2H3,(H,12,13). The third-order valence-electron chi connectivity index (χ3n) is 2.55. The molecule has 3 heteroatoms. The van der Waals surface area contributed by atoms with Crippen molar-refractivity contribution >= 4 is 0 Å². The number of rotatable bonds is 4. The fourth-order valence-electron chi connectivity index (χ4n) is 1.42. The summed E-state index contributed by atoms with van der Waals surface area (Å²) >= 11 is 0. The highest BCUT2D eigenvalue weighted by atomic mass is 15.0. The first-order valence-corrected chi connectivity index (χ1v) is 5.01. The number of hydrogen-bond donors (Lipinski definition) is 2. The molecular formula is C10H17N3. The van der Waals surface area contributed by atoms with Gasteiger partial charge in [-0.3, -0.25) is 0 Å². The molecule has 2 rings (SSSR count). The van der Waals surface area contributed by atoms with Crippen molar-refractivity contribution in [2.45, 2.75) is 39.2 Å². The Balaban J connectivity index is 1.79. The average Bonchev–Trinajstić information content (AvgIpc) is 2.82. The number of aromatic amines is 1. The second-order valence-corrected chi connectivity index (χ2v) is 3.87. The maximum Gasteiger partial charge on any atom is 0.107 e. The topological polar surface area (TPSA) is 40.7 Å². The van der Waals surface area contributed by atoms with Gasteiger partial charge in [-0.25, -0.2) is 4.98 Å². The van der Waals surface area contributed by atoms with Crippen LogP contribution >= 0.6 is 0 Å². The van der Waals surface area contributed by atoms with Crippen LogP contribution in [-0.4, -0.2) is 22.6 Å². The molecular weight excluding hydrogens is 162 g/mol. The van der Waals surface area contributed by atoms with Gasteiger partial charge < -0.3 is 10.3 Å². The smallest absolute Gasteiger partial charge is 0.107 e. The lowest BCUT2D eigenvalue weighted by Gasteiger charge is -1.98. The molecule has 2 N–H and O–H groups in total. The third kappa shape index (κ3) is 2.31. The zero-order valence-electron chi connectivity index (χ0n) is 8.35. The van der Waals surface area contributed by atoms with E-state index in [1.165, 1.54) is 18.5 Å². The maximum absolute atomic E-state index is 4.43. The molecule has 0 bridgehead atoms. The quantitative estimate of drug-likeness (QED) is 0.732. The van der Waals surface area contributed by atoms with E-state index in [1.54, 1.807) is 0 Å². The lowest BCUT2D eigenvalue weighted by molar-refractivity contribution is 0.669. The minimum atomic E-state index is 0.803. The van der Waals surface area contributed by atoms with Crippen molar-refractivity contribution in [3.05, 3.63) is 17.2 Å². The summed E-state index contributed by atoms with van der Waals surface area (Å²) in [6.45, 7) is 5.17. The molecule has 1 saturated carbocycles. The van der Waals surface area contributed by atoms with E-state index in [1.807, 2.05) is 6.92 Å². The second-order valence-electron chi connectivity index (χ2n) is 3.87. The van der Waals surface area contributed by atoms with Gasteiger partial charge in [0.1, 0.15) is 5.82 Å². The molecule has 0 aliphatic heterocycles. The molecule has 0 saturated heterocycles. The Morgan fingerprint density at radius 2 is 2.23 bits per heavy atom. The molecule has 72 valence electrons. The van der Waals surface area contributed by atoms with E-state index < -0.39 is 0 Å². The van der Waals surface area contributed by atoms with Gasteiger partial charge in [0, 0.05) is 24.7 Å². The van der Waals surface area contributed by atoms with Crippen LogP contribution < -0.4 is 5.32 Å². The summed E-state index contributed by atoms with van der Waals surface area (Å²) in [5.74, 6) is 1.11. The number of aromatic nitrogens is 2. The van der Waals surface area contributed by atoms with E-state index in [2.05, 4.69) is 22.2 Å². The molecule has 0 spiro atoms. The van der Waals surface area contributed by atoms with Crippen molar-refractivity contribution in [2.24, 2.45) is 0 Å². The van der Waals surface area contributed by atoms with E-state index in [4.69, 9.17) is 0 Å². The Morgan fingerprint density at radius 3 is 2.77 bits per heavy atom. The predicted molar refractivity (Wildman–Crippen MR) is 52.8 cm³/mol. The molecule has 0 atom stereocenters. The van der Waals surface area contributed by atoms with Crippen LogP contribution in [-0.2, 0) is 6.42 Å². The predicted octanol–water partition coefficient (Wildman–Crippen LogP) is 1.32. The van der Waals surface area contributed by atoms with Crippen molar-refractivity contribution in [2.75, 3.05) is 6.54 Å². The van der Waals surface area contributed by atoms with Gasteiger partial charge in [0.2, 0.25) is 0 Å². The summed E-state index contributed by atoms with van der Waals surface area (Å²) in [6.07, 6.45) is 3.73. The van der Waals surface area contributed by atoms with Crippen molar-refractivity contribution in [1.82, 2.24) is 15.3 Å². The highest BCUT2D eigenvalue weighted by molar-refractivity contribution is 5.10. The number of aryl methyl sites for hydroxylation is 2. The zero-order valence-corrected chi connectivity index (χ0v) is 8.35. The highest BCUT2D eigenvalue weighted by Crippen LogP contribution is 2.18. The maximum atomic E-state index is 4.43. The van der Waals surface area contributed by atoms with E-state index in [-0.39, 0.29) is 0 Å². The second kappa shape index (κ2) is 3.50. The van der Waals surface area contributed by atoms with Gasteiger partial charge in [0.05, 0.1) is 5.69 Å². The molecule has 1 aliphatic rings. The monoisotopic (exact) mass is 179 g/mol. The minimum Gasteiger partial charge on any atom is -0.346 e. The molecule has 0 aromatic carbocycles. The van der Waals surface area contributed by atoms with Crippen LogP contribution in [0.3, 0.4) is 0 Å². The molecule has 1 fully saturated rings. The normalized spacial score (nSPS) is 16.5. The van der Waals surface area contributed by atoms with Crippen molar-refractivity contribution < 1.29 is 0 Å². The molecule has 13 heavy (non-hydrogen) atoms.